The van der Waals surface area contributed by atoms with Gasteiger partial charge in [-0.15, -0.1) is 0 Å². The SMILES string of the molecule is CNC(=O)/C=C\C(=N)c1nc2cc(NC(=O)c3ccc(OCCOCCOCCOCCOCCOCCC(N)=O)cn3)ccc2o1. The van der Waals surface area contributed by atoms with Crippen LogP contribution in [-0.4, -0.2) is 113 Å². The van der Waals surface area contributed by atoms with Crippen LogP contribution >= 0.6 is 0 Å². The zero-order valence-electron chi connectivity index (χ0n) is 26.2. The van der Waals surface area contributed by atoms with Crippen molar-refractivity contribution in [2.45, 2.75) is 6.42 Å². The predicted octanol–water partition coefficient (Wildman–Crippen LogP) is 1.48. The molecule has 0 unspecified atom stereocenters. The molecule has 0 fully saturated rings. The number of carbonyl (C=O) groups excluding carboxylic acids is 3. The number of likely N-dealkylation sites (N-methyl/N-ethyl adjacent to an activating group) is 1. The number of benzene rings is 1. The Morgan fingerprint density at radius 2 is 1.47 bits per heavy atom. The lowest BCUT2D eigenvalue weighted by Crippen LogP contribution is -2.16. The van der Waals surface area contributed by atoms with Crippen molar-refractivity contribution in [3.05, 3.63) is 60.3 Å². The molecule has 47 heavy (non-hydrogen) atoms. The summed E-state index contributed by atoms with van der Waals surface area (Å²) in [5.41, 5.74) is 6.46. The van der Waals surface area contributed by atoms with Crippen molar-refractivity contribution in [3.8, 4) is 5.75 Å². The van der Waals surface area contributed by atoms with Gasteiger partial charge in [0.15, 0.2) is 5.58 Å². The molecule has 2 aromatic heterocycles. The maximum atomic E-state index is 12.7. The van der Waals surface area contributed by atoms with Crippen molar-refractivity contribution < 1.29 is 47.2 Å². The van der Waals surface area contributed by atoms with Gasteiger partial charge in [-0.2, -0.15) is 0 Å². The largest absolute Gasteiger partial charge is 0.490 e. The van der Waals surface area contributed by atoms with Gasteiger partial charge in [0.1, 0.15) is 29.3 Å². The zero-order chi connectivity index (χ0) is 33.7. The lowest BCUT2D eigenvalue weighted by molar-refractivity contribution is -0.119. The van der Waals surface area contributed by atoms with E-state index in [0.717, 1.165) is 0 Å². The summed E-state index contributed by atoms with van der Waals surface area (Å²) in [5.74, 6) is -0.642. The molecule has 0 radical (unpaired) electrons. The minimum Gasteiger partial charge on any atom is -0.490 e. The fraction of sp³-hybridized carbons (Fsp3) is 0.419. The lowest BCUT2D eigenvalue weighted by Gasteiger charge is -2.09. The first-order valence-electron chi connectivity index (χ1n) is 14.8. The summed E-state index contributed by atoms with van der Waals surface area (Å²) in [4.78, 5) is 43.0. The Labute approximate surface area is 271 Å². The van der Waals surface area contributed by atoms with Gasteiger partial charge in [-0.1, -0.05) is 0 Å². The molecule has 2 heterocycles. The molecule has 0 saturated carbocycles. The summed E-state index contributed by atoms with van der Waals surface area (Å²) in [7, 11) is 1.49. The van der Waals surface area contributed by atoms with Crippen molar-refractivity contribution in [2.24, 2.45) is 5.73 Å². The fourth-order valence-corrected chi connectivity index (χ4v) is 3.60. The highest BCUT2D eigenvalue weighted by molar-refractivity contribution is 6.08. The van der Waals surface area contributed by atoms with Gasteiger partial charge in [-0.05, 0) is 36.4 Å². The molecule has 3 amide bonds. The Morgan fingerprint density at radius 3 is 2.04 bits per heavy atom. The quantitative estimate of drug-likeness (QED) is 0.0612. The van der Waals surface area contributed by atoms with Crippen LogP contribution in [0, 0.1) is 5.41 Å². The van der Waals surface area contributed by atoms with Gasteiger partial charge in [0.05, 0.1) is 72.3 Å². The number of rotatable bonds is 24. The minimum atomic E-state index is -0.428. The van der Waals surface area contributed by atoms with Crippen molar-refractivity contribution >= 4 is 40.2 Å². The molecule has 16 heteroatoms. The number of anilines is 1. The van der Waals surface area contributed by atoms with Gasteiger partial charge in [0.25, 0.3) is 5.91 Å². The first kappa shape index (κ1) is 36.7. The molecule has 0 spiro atoms. The van der Waals surface area contributed by atoms with E-state index in [0.29, 0.717) is 95.2 Å². The van der Waals surface area contributed by atoms with Crippen molar-refractivity contribution in [2.75, 3.05) is 85.0 Å². The summed E-state index contributed by atoms with van der Waals surface area (Å²) in [6.45, 7) is 4.32. The Bertz CT molecular complexity index is 1460. The standard InChI is InChI=1S/C31H40N6O10/c1-34-29(39)7-4-24(32)31-37-26-20-22(2-6-27(26)47-31)36-30(40)25-5-3-23(21-35-25)46-19-18-45-17-16-44-15-14-43-13-12-42-11-10-41-9-8-28(33)38/h2-7,20-21,32H,8-19H2,1H3,(H2,33,38)(H,34,39)(H,36,40)/b7-4-,32-24?. The van der Waals surface area contributed by atoms with Gasteiger partial charge >= 0.3 is 0 Å². The summed E-state index contributed by atoms with van der Waals surface area (Å²) in [6, 6.07) is 8.07. The van der Waals surface area contributed by atoms with E-state index < -0.39 is 11.8 Å². The summed E-state index contributed by atoms with van der Waals surface area (Å²) < 4.78 is 38.1. The molecule has 5 N–H and O–H groups in total. The van der Waals surface area contributed by atoms with Crippen LogP contribution in [0.4, 0.5) is 5.69 Å². The van der Waals surface area contributed by atoms with Crippen LogP contribution in [0.2, 0.25) is 0 Å². The van der Waals surface area contributed by atoms with E-state index in [1.165, 1.54) is 25.4 Å². The Morgan fingerprint density at radius 1 is 0.851 bits per heavy atom. The highest BCUT2D eigenvalue weighted by Crippen LogP contribution is 2.21. The first-order chi connectivity index (χ1) is 22.9. The van der Waals surface area contributed by atoms with Gasteiger partial charge in [-0.3, -0.25) is 19.8 Å². The molecule has 0 bridgehead atoms. The van der Waals surface area contributed by atoms with E-state index in [1.54, 1.807) is 30.3 Å². The van der Waals surface area contributed by atoms with Crippen molar-refractivity contribution in [3.63, 3.8) is 0 Å². The van der Waals surface area contributed by atoms with E-state index in [9.17, 15) is 14.4 Å². The van der Waals surface area contributed by atoms with Crippen LogP contribution in [-0.2, 0) is 33.3 Å². The lowest BCUT2D eigenvalue weighted by atomic mass is 10.2. The van der Waals surface area contributed by atoms with Crippen LogP contribution in [0.3, 0.4) is 0 Å². The number of fused-ring (bicyclic) bond motifs is 1. The second-order valence-corrected chi connectivity index (χ2v) is 9.52. The van der Waals surface area contributed by atoms with Gasteiger partial charge < -0.3 is 49.2 Å². The zero-order valence-corrected chi connectivity index (χ0v) is 26.2. The number of pyridine rings is 1. The molecule has 0 atom stereocenters. The molecule has 0 aliphatic carbocycles. The van der Waals surface area contributed by atoms with Crippen LogP contribution < -0.4 is 21.1 Å². The topological polar surface area (TPSA) is 219 Å². The van der Waals surface area contributed by atoms with Gasteiger partial charge in [-0.25, -0.2) is 9.97 Å². The normalized spacial score (nSPS) is 11.2. The molecule has 254 valence electrons. The average Bonchev–Trinajstić information content (AvgIpc) is 3.50. The molecule has 3 rings (SSSR count). The number of nitrogens with one attached hydrogen (secondary N) is 3. The number of hydrogen-bond donors (Lipinski definition) is 4. The van der Waals surface area contributed by atoms with E-state index in [4.69, 9.17) is 44.0 Å². The molecule has 1 aromatic carbocycles. The molecular formula is C31H40N6O10. The van der Waals surface area contributed by atoms with E-state index in [-0.39, 0.29) is 29.6 Å². The number of primary amides is 1. The molecule has 0 aliphatic rings. The van der Waals surface area contributed by atoms with Gasteiger partial charge in [0, 0.05) is 25.2 Å². The number of nitrogens with two attached hydrogens (primary N) is 1. The Balaban J connectivity index is 1.22. The second kappa shape index (κ2) is 21.1. The maximum absolute atomic E-state index is 12.7. The monoisotopic (exact) mass is 656 g/mol. The maximum Gasteiger partial charge on any atom is 0.274 e. The third-order valence-electron chi connectivity index (χ3n) is 5.97. The Kier molecular flexibility index (Phi) is 16.5. The molecule has 3 aromatic rings. The molecular weight excluding hydrogens is 616 g/mol. The molecule has 0 aliphatic heterocycles. The van der Waals surface area contributed by atoms with Crippen LogP contribution in [0.25, 0.3) is 11.1 Å². The van der Waals surface area contributed by atoms with E-state index in [1.807, 2.05) is 0 Å². The number of carbonyl (C=O) groups is 3. The van der Waals surface area contributed by atoms with Gasteiger partial charge in [0.2, 0.25) is 17.7 Å². The Hall–Kier alpha value is -4.74. The van der Waals surface area contributed by atoms with Crippen LogP contribution in [0.1, 0.15) is 22.8 Å². The summed E-state index contributed by atoms with van der Waals surface area (Å²) in [6.07, 6.45) is 4.14. The number of ether oxygens (including phenoxy) is 6. The highest BCUT2D eigenvalue weighted by atomic mass is 16.6. The predicted molar refractivity (Wildman–Crippen MR) is 170 cm³/mol. The number of allylic oxidation sites excluding steroid dienone is 1. The molecule has 16 nitrogen and oxygen atoms in total. The molecule has 0 saturated heterocycles. The number of hydrogen-bond acceptors (Lipinski definition) is 13. The number of oxazole rings is 1. The van der Waals surface area contributed by atoms with Crippen LogP contribution in [0.15, 0.2) is 53.1 Å². The third kappa shape index (κ3) is 14.5. The highest BCUT2D eigenvalue weighted by Gasteiger charge is 2.13. The smallest absolute Gasteiger partial charge is 0.274 e. The minimum absolute atomic E-state index is 0.0411. The van der Waals surface area contributed by atoms with Crippen molar-refractivity contribution in [1.29, 1.82) is 5.41 Å². The number of amides is 3. The number of aromatic nitrogens is 2. The van der Waals surface area contributed by atoms with Crippen LogP contribution in [0.5, 0.6) is 5.75 Å². The second-order valence-electron chi connectivity index (χ2n) is 9.52. The fourth-order valence-electron chi connectivity index (χ4n) is 3.60. The average molecular weight is 657 g/mol. The van der Waals surface area contributed by atoms with E-state index in [2.05, 4.69) is 20.6 Å². The van der Waals surface area contributed by atoms with Crippen molar-refractivity contribution in [1.82, 2.24) is 15.3 Å². The first-order valence-corrected chi connectivity index (χ1v) is 14.8. The number of nitrogens with zero attached hydrogens (tertiary/aromatic N) is 2. The third-order valence-corrected chi connectivity index (χ3v) is 5.97. The summed E-state index contributed by atoms with van der Waals surface area (Å²) >= 11 is 0. The summed E-state index contributed by atoms with van der Waals surface area (Å²) in [5, 5.41) is 13.2. The van der Waals surface area contributed by atoms with E-state index >= 15 is 0 Å².